The third-order valence-electron chi connectivity index (χ3n) is 4.64. The number of benzene rings is 1. The molecule has 0 radical (unpaired) electrons. The quantitative estimate of drug-likeness (QED) is 0.764. The van der Waals surface area contributed by atoms with E-state index in [0.717, 1.165) is 38.0 Å². The van der Waals surface area contributed by atoms with Crippen LogP contribution in [-0.2, 0) is 9.53 Å². The number of morpholine rings is 1. The minimum absolute atomic E-state index is 0.0216. The average Bonchev–Trinajstić information content (AvgIpc) is 2.67. The molecule has 0 saturated carbocycles. The molecule has 2 heterocycles. The number of hydrogen-bond acceptors (Lipinski definition) is 4. The lowest BCUT2D eigenvalue weighted by molar-refractivity contribution is -0.148. The zero-order valence-corrected chi connectivity index (χ0v) is 14.4. The third kappa shape index (κ3) is 4.93. The standard InChI is InChI=1S/C18H26N4O3/c23-17(16-13-19-9-11-25-16)22-10-5-4-8-15(22)12-20-18(24)21-14-6-2-1-3-7-14/h1-3,6-7,15-16,19H,4-5,8-13H2,(H2,20,21,24). The summed E-state index contributed by atoms with van der Waals surface area (Å²) in [5.74, 6) is 0.0298. The van der Waals surface area contributed by atoms with Gasteiger partial charge in [0.1, 0.15) is 6.10 Å². The normalized spacial score (nSPS) is 23.8. The molecule has 3 amide bonds. The van der Waals surface area contributed by atoms with Gasteiger partial charge in [-0.1, -0.05) is 18.2 Å². The Morgan fingerprint density at radius 3 is 2.84 bits per heavy atom. The number of carbonyl (C=O) groups is 2. The molecule has 0 bridgehead atoms. The zero-order valence-electron chi connectivity index (χ0n) is 14.4. The second-order valence-corrected chi connectivity index (χ2v) is 6.45. The molecule has 2 fully saturated rings. The SMILES string of the molecule is O=C(NCC1CCCCN1C(=O)C1CNCCO1)Nc1ccccc1. The van der Waals surface area contributed by atoms with Gasteiger partial charge < -0.3 is 25.6 Å². The summed E-state index contributed by atoms with van der Waals surface area (Å²) < 4.78 is 5.59. The van der Waals surface area contributed by atoms with Crippen molar-refractivity contribution in [3.8, 4) is 0 Å². The first-order valence-electron chi connectivity index (χ1n) is 8.97. The largest absolute Gasteiger partial charge is 0.366 e. The van der Waals surface area contributed by atoms with Crippen LogP contribution >= 0.6 is 0 Å². The summed E-state index contributed by atoms with van der Waals surface area (Å²) in [6, 6.07) is 9.09. The maximum atomic E-state index is 12.7. The van der Waals surface area contributed by atoms with Crippen molar-refractivity contribution in [1.82, 2.24) is 15.5 Å². The van der Waals surface area contributed by atoms with Gasteiger partial charge in [-0.05, 0) is 31.4 Å². The number of urea groups is 1. The molecule has 3 rings (SSSR count). The first-order chi connectivity index (χ1) is 12.2. The van der Waals surface area contributed by atoms with Crippen LogP contribution in [0.15, 0.2) is 30.3 Å². The highest BCUT2D eigenvalue weighted by atomic mass is 16.5. The number of hydrogen-bond donors (Lipinski definition) is 3. The first-order valence-corrected chi connectivity index (χ1v) is 8.97. The Morgan fingerprint density at radius 2 is 2.08 bits per heavy atom. The molecular formula is C18H26N4O3. The van der Waals surface area contributed by atoms with Gasteiger partial charge in [-0.15, -0.1) is 0 Å². The molecule has 0 aliphatic carbocycles. The minimum atomic E-state index is -0.410. The molecule has 2 saturated heterocycles. The number of piperidine rings is 1. The molecule has 2 unspecified atom stereocenters. The van der Waals surface area contributed by atoms with Gasteiger partial charge in [0, 0.05) is 37.9 Å². The second kappa shape index (κ2) is 8.82. The molecule has 3 N–H and O–H groups in total. The highest BCUT2D eigenvalue weighted by Crippen LogP contribution is 2.18. The van der Waals surface area contributed by atoms with Crippen molar-refractivity contribution in [2.45, 2.75) is 31.4 Å². The summed E-state index contributed by atoms with van der Waals surface area (Å²) in [7, 11) is 0. The fourth-order valence-electron chi connectivity index (χ4n) is 3.32. The van der Waals surface area contributed by atoms with Crippen LogP contribution in [0.1, 0.15) is 19.3 Å². The van der Waals surface area contributed by atoms with Crippen molar-refractivity contribution < 1.29 is 14.3 Å². The topological polar surface area (TPSA) is 82.7 Å². The number of nitrogens with zero attached hydrogens (tertiary/aromatic N) is 1. The van der Waals surface area contributed by atoms with E-state index in [2.05, 4.69) is 16.0 Å². The van der Waals surface area contributed by atoms with E-state index in [1.165, 1.54) is 0 Å². The number of rotatable bonds is 4. The Hall–Kier alpha value is -2.12. The number of ether oxygens (including phenoxy) is 1. The van der Waals surface area contributed by atoms with E-state index in [9.17, 15) is 9.59 Å². The van der Waals surface area contributed by atoms with E-state index in [0.29, 0.717) is 19.7 Å². The van der Waals surface area contributed by atoms with Gasteiger partial charge in [-0.2, -0.15) is 0 Å². The fourth-order valence-corrected chi connectivity index (χ4v) is 3.32. The molecule has 0 aromatic heterocycles. The summed E-state index contributed by atoms with van der Waals surface area (Å²) in [5, 5.41) is 8.88. The van der Waals surface area contributed by atoms with Crippen LogP contribution in [0, 0.1) is 0 Å². The molecule has 1 aromatic rings. The van der Waals surface area contributed by atoms with Crippen molar-refractivity contribution in [2.24, 2.45) is 0 Å². The fraction of sp³-hybridized carbons (Fsp3) is 0.556. The van der Waals surface area contributed by atoms with E-state index < -0.39 is 6.10 Å². The maximum absolute atomic E-state index is 12.7. The number of nitrogens with one attached hydrogen (secondary N) is 3. The third-order valence-corrected chi connectivity index (χ3v) is 4.64. The van der Waals surface area contributed by atoms with E-state index in [4.69, 9.17) is 4.74 Å². The van der Waals surface area contributed by atoms with E-state index in [-0.39, 0.29) is 18.0 Å². The van der Waals surface area contributed by atoms with Gasteiger partial charge in [0.05, 0.1) is 6.61 Å². The summed E-state index contributed by atoms with van der Waals surface area (Å²) in [6.45, 7) is 3.08. The van der Waals surface area contributed by atoms with Crippen molar-refractivity contribution in [3.63, 3.8) is 0 Å². The molecule has 7 heteroatoms. The van der Waals surface area contributed by atoms with Gasteiger partial charge >= 0.3 is 6.03 Å². The lowest BCUT2D eigenvalue weighted by Crippen LogP contribution is -2.56. The Labute approximate surface area is 148 Å². The lowest BCUT2D eigenvalue weighted by Gasteiger charge is -2.38. The number of amides is 3. The van der Waals surface area contributed by atoms with Gasteiger partial charge in [-0.25, -0.2) is 4.79 Å². The van der Waals surface area contributed by atoms with Crippen LogP contribution in [0.5, 0.6) is 0 Å². The molecule has 2 atom stereocenters. The Morgan fingerprint density at radius 1 is 1.24 bits per heavy atom. The van der Waals surface area contributed by atoms with Crippen molar-refractivity contribution in [2.75, 3.05) is 38.1 Å². The van der Waals surface area contributed by atoms with Crippen LogP contribution < -0.4 is 16.0 Å². The monoisotopic (exact) mass is 346 g/mol. The maximum Gasteiger partial charge on any atom is 0.319 e. The van der Waals surface area contributed by atoms with Crippen LogP contribution in [0.2, 0.25) is 0 Å². The molecule has 25 heavy (non-hydrogen) atoms. The van der Waals surface area contributed by atoms with E-state index in [1.807, 2.05) is 35.2 Å². The van der Waals surface area contributed by atoms with E-state index >= 15 is 0 Å². The number of anilines is 1. The zero-order chi connectivity index (χ0) is 17.5. The van der Waals surface area contributed by atoms with Crippen LogP contribution in [0.4, 0.5) is 10.5 Å². The van der Waals surface area contributed by atoms with Crippen LogP contribution in [0.3, 0.4) is 0 Å². The first kappa shape index (κ1) is 17.7. The highest BCUT2D eigenvalue weighted by Gasteiger charge is 2.33. The Bertz CT molecular complexity index is 575. The molecule has 2 aliphatic heterocycles. The number of likely N-dealkylation sites (tertiary alicyclic amines) is 1. The van der Waals surface area contributed by atoms with Gasteiger partial charge in [0.2, 0.25) is 0 Å². The predicted octanol–water partition coefficient (Wildman–Crippen LogP) is 1.18. The van der Waals surface area contributed by atoms with Gasteiger partial charge in [0.15, 0.2) is 0 Å². The van der Waals surface area contributed by atoms with Crippen LogP contribution in [0.25, 0.3) is 0 Å². The Kier molecular flexibility index (Phi) is 6.25. The van der Waals surface area contributed by atoms with Gasteiger partial charge in [0.25, 0.3) is 5.91 Å². The van der Waals surface area contributed by atoms with E-state index in [1.54, 1.807) is 0 Å². The van der Waals surface area contributed by atoms with Gasteiger partial charge in [-0.3, -0.25) is 4.79 Å². The van der Waals surface area contributed by atoms with Crippen molar-refractivity contribution in [3.05, 3.63) is 30.3 Å². The number of para-hydroxylation sites is 1. The molecule has 7 nitrogen and oxygen atoms in total. The smallest absolute Gasteiger partial charge is 0.319 e. The highest BCUT2D eigenvalue weighted by molar-refractivity contribution is 5.89. The predicted molar refractivity (Wildman–Crippen MR) is 95.4 cm³/mol. The molecular weight excluding hydrogens is 320 g/mol. The van der Waals surface area contributed by atoms with Crippen molar-refractivity contribution >= 4 is 17.6 Å². The summed E-state index contributed by atoms with van der Waals surface area (Å²) in [4.78, 5) is 26.7. The molecule has 0 spiro atoms. The molecule has 136 valence electrons. The number of carbonyl (C=O) groups excluding carboxylic acids is 2. The van der Waals surface area contributed by atoms with Crippen molar-refractivity contribution in [1.29, 1.82) is 0 Å². The van der Waals surface area contributed by atoms with Crippen LogP contribution in [-0.4, -0.2) is 61.8 Å². The summed E-state index contributed by atoms with van der Waals surface area (Å²) >= 11 is 0. The lowest BCUT2D eigenvalue weighted by atomic mass is 10.0. The average molecular weight is 346 g/mol. The second-order valence-electron chi connectivity index (χ2n) is 6.45. The molecule has 2 aliphatic rings. The Balaban J connectivity index is 1.52. The summed E-state index contributed by atoms with van der Waals surface area (Å²) in [6.07, 6.45) is 2.56. The molecule has 1 aromatic carbocycles. The minimum Gasteiger partial charge on any atom is -0.366 e. The summed E-state index contributed by atoms with van der Waals surface area (Å²) in [5.41, 5.74) is 0.748.